The first-order valence-electron chi connectivity index (χ1n) is 9.36. The van der Waals surface area contributed by atoms with Gasteiger partial charge in [0.15, 0.2) is 0 Å². The molecular weight excluding hydrogens is 351 g/mol. The number of hydrogen-bond donors (Lipinski definition) is 2. The molecule has 7 heteroatoms. The van der Waals surface area contributed by atoms with Crippen LogP contribution in [0.5, 0.6) is 0 Å². The minimum Gasteiger partial charge on any atom is -0.481 e. The largest absolute Gasteiger partial charge is 0.481 e. The van der Waals surface area contributed by atoms with Gasteiger partial charge in [0.05, 0.1) is 5.92 Å². The Balaban J connectivity index is 1.70. The molecule has 27 heavy (non-hydrogen) atoms. The van der Waals surface area contributed by atoms with E-state index in [1.54, 1.807) is 4.90 Å². The zero-order valence-corrected chi connectivity index (χ0v) is 15.5. The number of carboxylic acid groups (broad SMARTS) is 1. The molecule has 6 nitrogen and oxygen atoms in total. The van der Waals surface area contributed by atoms with Gasteiger partial charge in [0, 0.05) is 18.7 Å². The van der Waals surface area contributed by atoms with Crippen LogP contribution in [0.15, 0.2) is 24.3 Å². The summed E-state index contributed by atoms with van der Waals surface area (Å²) in [4.78, 5) is 38.6. The number of amides is 2. The number of nitrogens with one attached hydrogen (secondary N) is 1. The van der Waals surface area contributed by atoms with Gasteiger partial charge in [0.25, 0.3) is 5.91 Å². The molecule has 2 N–H and O–H groups in total. The molecule has 1 saturated carbocycles. The minimum atomic E-state index is -0.862. The van der Waals surface area contributed by atoms with E-state index in [0.29, 0.717) is 12.5 Å². The second-order valence-electron chi connectivity index (χ2n) is 7.89. The van der Waals surface area contributed by atoms with Crippen molar-refractivity contribution in [3.63, 3.8) is 0 Å². The molecule has 1 aromatic rings. The van der Waals surface area contributed by atoms with Crippen molar-refractivity contribution in [1.82, 2.24) is 10.2 Å². The summed E-state index contributed by atoms with van der Waals surface area (Å²) in [6.07, 6.45) is 2.04. The number of likely N-dealkylation sites (tertiary alicyclic amines) is 1. The van der Waals surface area contributed by atoms with E-state index >= 15 is 0 Å². The van der Waals surface area contributed by atoms with Crippen LogP contribution in [0.4, 0.5) is 4.39 Å². The highest BCUT2D eigenvalue weighted by atomic mass is 19.1. The van der Waals surface area contributed by atoms with Crippen LogP contribution in [0, 0.1) is 29.5 Å². The van der Waals surface area contributed by atoms with Crippen LogP contribution in [0.2, 0.25) is 0 Å². The zero-order valence-electron chi connectivity index (χ0n) is 15.5. The lowest BCUT2D eigenvalue weighted by Gasteiger charge is -2.27. The monoisotopic (exact) mass is 376 g/mol. The lowest BCUT2D eigenvalue weighted by molar-refractivity contribution is -0.142. The number of halogens is 1. The topological polar surface area (TPSA) is 86.7 Å². The fourth-order valence-electron chi connectivity index (χ4n) is 3.81. The first kappa shape index (κ1) is 19.3. The lowest BCUT2D eigenvalue weighted by Crippen LogP contribution is -2.50. The Morgan fingerprint density at radius 1 is 1.15 bits per heavy atom. The maximum atomic E-state index is 13.0. The molecule has 1 aromatic carbocycles. The standard InChI is InChI=1S/C20H25FN2O4/c1-11(2)17(22-18(24)13-5-7-14(21)8-6-13)19(25)23-9-15(12-3-4-12)16(10-23)20(26)27/h5-8,11-12,15-17H,3-4,9-10H2,1-2H3,(H,22,24)(H,26,27)/t15-,16+,17?/m1/s1. The van der Waals surface area contributed by atoms with Crippen molar-refractivity contribution >= 4 is 17.8 Å². The maximum absolute atomic E-state index is 13.0. The van der Waals surface area contributed by atoms with Crippen molar-refractivity contribution in [2.45, 2.75) is 32.7 Å². The third-order valence-corrected chi connectivity index (χ3v) is 5.55. The summed E-state index contributed by atoms with van der Waals surface area (Å²) in [5, 5.41) is 12.2. The molecule has 1 saturated heterocycles. The number of carbonyl (C=O) groups is 3. The van der Waals surface area contributed by atoms with Crippen LogP contribution >= 0.6 is 0 Å². The Labute approximate surface area is 157 Å². The average molecular weight is 376 g/mol. The van der Waals surface area contributed by atoms with Crippen molar-refractivity contribution in [2.75, 3.05) is 13.1 Å². The van der Waals surface area contributed by atoms with E-state index in [1.807, 2.05) is 13.8 Å². The summed E-state index contributed by atoms with van der Waals surface area (Å²) < 4.78 is 13.0. The first-order valence-corrected chi connectivity index (χ1v) is 9.36. The normalized spacial score (nSPS) is 23.3. The molecule has 3 rings (SSSR count). The van der Waals surface area contributed by atoms with Crippen LogP contribution in [-0.4, -0.2) is 46.9 Å². The van der Waals surface area contributed by atoms with Gasteiger partial charge >= 0.3 is 5.97 Å². The lowest BCUT2D eigenvalue weighted by atomic mass is 9.92. The summed E-state index contributed by atoms with van der Waals surface area (Å²) in [6, 6.07) is 4.37. The van der Waals surface area contributed by atoms with E-state index in [-0.39, 0.29) is 29.9 Å². The summed E-state index contributed by atoms with van der Waals surface area (Å²) in [5.41, 5.74) is 0.274. The molecule has 146 valence electrons. The van der Waals surface area contributed by atoms with Crippen LogP contribution in [0.1, 0.15) is 37.0 Å². The molecular formula is C20H25FN2O4. The van der Waals surface area contributed by atoms with Gasteiger partial charge in [-0.15, -0.1) is 0 Å². The average Bonchev–Trinajstić information content (AvgIpc) is 3.37. The zero-order chi connectivity index (χ0) is 19.7. The Kier molecular flexibility index (Phi) is 5.48. The molecule has 1 heterocycles. The Morgan fingerprint density at radius 2 is 1.78 bits per heavy atom. The summed E-state index contributed by atoms with van der Waals surface area (Å²) in [6.45, 7) is 4.27. The summed E-state index contributed by atoms with van der Waals surface area (Å²) in [5.74, 6) is -2.33. The first-order chi connectivity index (χ1) is 12.8. The second kappa shape index (κ2) is 7.66. The quantitative estimate of drug-likeness (QED) is 0.796. The van der Waals surface area contributed by atoms with Gasteiger partial charge in [0.1, 0.15) is 11.9 Å². The van der Waals surface area contributed by atoms with E-state index in [0.717, 1.165) is 12.8 Å². The van der Waals surface area contributed by atoms with E-state index in [9.17, 15) is 23.9 Å². The Hall–Kier alpha value is -2.44. The number of nitrogens with zero attached hydrogens (tertiary/aromatic N) is 1. The van der Waals surface area contributed by atoms with Crippen molar-refractivity contribution in [1.29, 1.82) is 0 Å². The fourth-order valence-corrected chi connectivity index (χ4v) is 3.81. The van der Waals surface area contributed by atoms with Crippen molar-refractivity contribution in [3.05, 3.63) is 35.6 Å². The van der Waals surface area contributed by atoms with Gasteiger partial charge < -0.3 is 15.3 Å². The highest BCUT2D eigenvalue weighted by Crippen LogP contribution is 2.44. The van der Waals surface area contributed by atoms with Crippen molar-refractivity contribution in [3.8, 4) is 0 Å². The van der Waals surface area contributed by atoms with Crippen LogP contribution in [0.3, 0.4) is 0 Å². The molecule has 2 aliphatic rings. The molecule has 0 spiro atoms. The van der Waals surface area contributed by atoms with Gasteiger partial charge in [-0.1, -0.05) is 13.8 Å². The van der Waals surface area contributed by atoms with E-state index in [2.05, 4.69) is 5.32 Å². The number of aliphatic carboxylic acids is 1. The van der Waals surface area contributed by atoms with Crippen molar-refractivity contribution in [2.24, 2.45) is 23.7 Å². The molecule has 1 aliphatic heterocycles. The van der Waals surface area contributed by atoms with E-state index < -0.39 is 29.7 Å². The number of carbonyl (C=O) groups excluding carboxylic acids is 2. The maximum Gasteiger partial charge on any atom is 0.308 e. The number of carboxylic acids is 1. The SMILES string of the molecule is CC(C)C(NC(=O)c1ccc(F)cc1)C(=O)N1C[C@H](C(=O)O)[C@@H](C2CC2)C1. The highest BCUT2D eigenvalue weighted by molar-refractivity contribution is 5.97. The van der Waals surface area contributed by atoms with Gasteiger partial charge in [-0.2, -0.15) is 0 Å². The van der Waals surface area contributed by atoms with Crippen LogP contribution < -0.4 is 5.32 Å². The Morgan fingerprint density at radius 3 is 2.30 bits per heavy atom. The number of hydrogen-bond acceptors (Lipinski definition) is 3. The number of rotatable bonds is 6. The smallest absolute Gasteiger partial charge is 0.308 e. The molecule has 1 unspecified atom stereocenters. The minimum absolute atomic E-state index is 0.00735. The summed E-state index contributed by atoms with van der Waals surface area (Å²) in [7, 11) is 0. The van der Waals surface area contributed by atoms with Gasteiger partial charge in [-0.3, -0.25) is 14.4 Å². The van der Waals surface area contributed by atoms with Crippen LogP contribution in [0.25, 0.3) is 0 Å². The third-order valence-electron chi connectivity index (χ3n) is 5.55. The molecule has 0 bridgehead atoms. The molecule has 0 aromatic heterocycles. The Bertz CT molecular complexity index is 730. The summed E-state index contributed by atoms with van der Waals surface area (Å²) >= 11 is 0. The number of benzene rings is 1. The fraction of sp³-hybridized carbons (Fsp3) is 0.550. The van der Waals surface area contributed by atoms with Gasteiger partial charge in [-0.05, 0) is 54.9 Å². The second-order valence-corrected chi connectivity index (χ2v) is 7.89. The van der Waals surface area contributed by atoms with Gasteiger partial charge in [-0.25, -0.2) is 4.39 Å². The van der Waals surface area contributed by atoms with Crippen LogP contribution in [-0.2, 0) is 9.59 Å². The molecule has 0 radical (unpaired) electrons. The van der Waals surface area contributed by atoms with E-state index in [4.69, 9.17) is 0 Å². The van der Waals surface area contributed by atoms with Crippen molar-refractivity contribution < 1.29 is 23.9 Å². The molecule has 3 atom stereocenters. The molecule has 2 fully saturated rings. The van der Waals surface area contributed by atoms with E-state index in [1.165, 1.54) is 24.3 Å². The highest BCUT2D eigenvalue weighted by Gasteiger charge is 2.47. The predicted octanol–water partition coefficient (Wildman–Crippen LogP) is 2.15. The van der Waals surface area contributed by atoms with Gasteiger partial charge in [0.2, 0.25) is 5.91 Å². The molecule has 2 amide bonds. The predicted molar refractivity (Wildman–Crippen MR) is 96.4 cm³/mol. The third kappa shape index (κ3) is 4.28. The molecule has 1 aliphatic carbocycles.